The number of carbonyl (C=O) groups is 2. The molecule has 1 fully saturated rings. The molecule has 2 amide bonds. The molecule has 0 spiro atoms. The highest BCUT2D eigenvalue weighted by Gasteiger charge is 2.34. The van der Waals surface area contributed by atoms with Gasteiger partial charge in [0.15, 0.2) is 6.61 Å². The quantitative estimate of drug-likeness (QED) is 0.718. The van der Waals surface area contributed by atoms with Crippen LogP contribution >= 0.6 is 11.6 Å². The van der Waals surface area contributed by atoms with Crippen molar-refractivity contribution in [2.75, 3.05) is 13.2 Å². The zero-order valence-electron chi connectivity index (χ0n) is 16.2. The highest BCUT2D eigenvalue weighted by atomic mass is 35.5. The Hall–Kier alpha value is -2.61. The normalized spacial score (nSPS) is 17.4. The second-order valence-electron chi connectivity index (χ2n) is 6.96. The second kappa shape index (κ2) is 8.60. The number of imidazole rings is 1. The molecule has 2 N–H and O–H groups in total. The molecule has 2 aromatic rings. The summed E-state index contributed by atoms with van der Waals surface area (Å²) in [4.78, 5) is 38.1. The van der Waals surface area contributed by atoms with Gasteiger partial charge < -0.3 is 19.9 Å². The summed E-state index contributed by atoms with van der Waals surface area (Å²) in [6, 6.07) is 2.99. The predicted octanol–water partition coefficient (Wildman–Crippen LogP) is 2.26. The zero-order valence-corrected chi connectivity index (χ0v) is 16.9. The SMILES string of the molecule is Cc1nc(C(=O)NC(C)[C@H]2CCCN2C(=O)COc2ccc(Cl)nc2)c(C)[nH]1. The lowest BCUT2D eigenvalue weighted by Crippen LogP contribution is -2.50. The number of carbonyl (C=O) groups excluding carboxylic acids is 2. The monoisotopic (exact) mass is 405 g/mol. The van der Waals surface area contributed by atoms with Crippen molar-refractivity contribution < 1.29 is 14.3 Å². The fraction of sp³-hybridized carbons (Fsp3) is 0.474. The van der Waals surface area contributed by atoms with Crippen molar-refractivity contribution in [2.45, 2.75) is 45.7 Å². The van der Waals surface area contributed by atoms with Crippen LogP contribution < -0.4 is 10.1 Å². The first-order chi connectivity index (χ1) is 13.3. The van der Waals surface area contributed by atoms with Crippen LogP contribution in [0.15, 0.2) is 18.3 Å². The molecular weight excluding hydrogens is 382 g/mol. The molecule has 1 unspecified atom stereocenters. The van der Waals surface area contributed by atoms with Crippen LogP contribution in [0.4, 0.5) is 0 Å². The summed E-state index contributed by atoms with van der Waals surface area (Å²) in [7, 11) is 0. The minimum atomic E-state index is -0.239. The Balaban J connectivity index is 1.58. The van der Waals surface area contributed by atoms with Gasteiger partial charge >= 0.3 is 0 Å². The molecule has 9 heteroatoms. The number of nitrogens with one attached hydrogen (secondary N) is 2. The van der Waals surface area contributed by atoms with E-state index in [1.165, 1.54) is 6.20 Å². The summed E-state index contributed by atoms with van der Waals surface area (Å²) in [6.07, 6.45) is 3.20. The van der Waals surface area contributed by atoms with Crippen LogP contribution in [-0.2, 0) is 4.79 Å². The standard InChI is InChI=1S/C19H24ClN5O3/c1-11(23-19(27)18-12(2)22-13(3)24-18)15-5-4-8-25(15)17(26)10-28-14-6-7-16(20)21-9-14/h6-7,9,11,15H,4-5,8,10H2,1-3H3,(H,22,24)(H,23,27)/t11?,15-/m1/s1. The first-order valence-corrected chi connectivity index (χ1v) is 9.61. The second-order valence-corrected chi connectivity index (χ2v) is 7.35. The van der Waals surface area contributed by atoms with Gasteiger partial charge in [-0.05, 0) is 45.7 Å². The van der Waals surface area contributed by atoms with Gasteiger partial charge in [-0.15, -0.1) is 0 Å². The molecule has 0 saturated carbocycles. The molecule has 0 aliphatic carbocycles. The van der Waals surface area contributed by atoms with Crippen molar-refractivity contribution in [3.8, 4) is 5.75 Å². The number of nitrogens with zero attached hydrogens (tertiary/aromatic N) is 3. The van der Waals surface area contributed by atoms with Gasteiger partial charge in [-0.25, -0.2) is 9.97 Å². The molecule has 2 atom stereocenters. The Kier molecular flexibility index (Phi) is 6.18. The number of ether oxygens (including phenoxy) is 1. The van der Waals surface area contributed by atoms with E-state index in [-0.39, 0.29) is 30.5 Å². The van der Waals surface area contributed by atoms with Crippen LogP contribution in [0.2, 0.25) is 5.15 Å². The molecule has 3 heterocycles. The largest absolute Gasteiger partial charge is 0.482 e. The molecule has 3 rings (SSSR count). The van der Waals surface area contributed by atoms with E-state index in [9.17, 15) is 9.59 Å². The molecule has 8 nitrogen and oxygen atoms in total. The Bertz CT molecular complexity index is 852. The van der Waals surface area contributed by atoms with E-state index in [4.69, 9.17) is 16.3 Å². The fourth-order valence-electron chi connectivity index (χ4n) is 3.50. The van der Waals surface area contributed by atoms with Gasteiger partial charge in [0.2, 0.25) is 0 Å². The Morgan fingerprint density at radius 1 is 1.43 bits per heavy atom. The van der Waals surface area contributed by atoms with E-state index >= 15 is 0 Å². The number of rotatable bonds is 6. The van der Waals surface area contributed by atoms with Crippen LogP contribution in [0, 0.1) is 13.8 Å². The van der Waals surface area contributed by atoms with Crippen molar-refractivity contribution in [1.82, 2.24) is 25.2 Å². The number of aromatic nitrogens is 3. The fourth-order valence-corrected chi connectivity index (χ4v) is 3.61. The predicted molar refractivity (Wildman–Crippen MR) is 104 cm³/mol. The maximum atomic E-state index is 12.6. The van der Waals surface area contributed by atoms with Crippen LogP contribution in [0.25, 0.3) is 0 Å². The average Bonchev–Trinajstić information content (AvgIpc) is 3.27. The first-order valence-electron chi connectivity index (χ1n) is 9.23. The number of hydrogen-bond donors (Lipinski definition) is 2. The van der Waals surface area contributed by atoms with E-state index < -0.39 is 0 Å². The number of halogens is 1. The lowest BCUT2D eigenvalue weighted by atomic mass is 10.1. The van der Waals surface area contributed by atoms with E-state index in [0.717, 1.165) is 18.5 Å². The summed E-state index contributed by atoms with van der Waals surface area (Å²) < 4.78 is 5.52. The third-order valence-electron chi connectivity index (χ3n) is 4.84. The molecule has 0 aromatic carbocycles. The number of aryl methyl sites for hydroxylation is 2. The van der Waals surface area contributed by atoms with E-state index in [2.05, 4.69) is 20.3 Å². The molecule has 150 valence electrons. The Morgan fingerprint density at radius 3 is 2.86 bits per heavy atom. The van der Waals surface area contributed by atoms with Gasteiger partial charge in [-0.1, -0.05) is 11.6 Å². The zero-order chi connectivity index (χ0) is 20.3. The molecule has 1 saturated heterocycles. The molecule has 28 heavy (non-hydrogen) atoms. The summed E-state index contributed by atoms with van der Waals surface area (Å²) >= 11 is 5.75. The first kappa shape index (κ1) is 20.1. The third kappa shape index (κ3) is 4.62. The number of hydrogen-bond acceptors (Lipinski definition) is 5. The van der Waals surface area contributed by atoms with Gasteiger partial charge in [0, 0.05) is 18.3 Å². The van der Waals surface area contributed by atoms with Gasteiger partial charge in [0.05, 0.1) is 12.2 Å². The van der Waals surface area contributed by atoms with Crippen LogP contribution in [-0.4, -0.2) is 56.9 Å². The lowest BCUT2D eigenvalue weighted by molar-refractivity contribution is -0.134. The van der Waals surface area contributed by atoms with Gasteiger partial charge in [0.25, 0.3) is 11.8 Å². The van der Waals surface area contributed by atoms with E-state index in [1.807, 2.05) is 13.8 Å². The van der Waals surface area contributed by atoms with Crippen LogP contribution in [0.5, 0.6) is 5.75 Å². The molecule has 1 aliphatic heterocycles. The number of amides is 2. The lowest BCUT2D eigenvalue weighted by Gasteiger charge is -2.30. The van der Waals surface area contributed by atoms with E-state index in [1.54, 1.807) is 24.0 Å². The minimum absolute atomic E-state index is 0.0799. The summed E-state index contributed by atoms with van der Waals surface area (Å²) in [5.41, 5.74) is 1.12. The maximum Gasteiger partial charge on any atom is 0.272 e. The van der Waals surface area contributed by atoms with Crippen molar-refractivity contribution in [3.05, 3.63) is 40.7 Å². The summed E-state index contributed by atoms with van der Waals surface area (Å²) in [6.45, 7) is 6.09. The number of pyridine rings is 1. The van der Waals surface area contributed by atoms with Gasteiger partial charge in [0.1, 0.15) is 22.4 Å². The summed E-state index contributed by atoms with van der Waals surface area (Å²) in [5.74, 6) is 0.823. The molecule has 0 radical (unpaired) electrons. The van der Waals surface area contributed by atoms with E-state index in [0.29, 0.717) is 29.0 Å². The van der Waals surface area contributed by atoms with Crippen LogP contribution in [0.1, 0.15) is 41.8 Å². The van der Waals surface area contributed by atoms with Gasteiger partial charge in [-0.3, -0.25) is 9.59 Å². The maximum absolute atomic E-state index is 12.6. The highest BCUT2D eigenvalue weighted by Crippen LogP contribution is 2.21. The highest BCUT2D eigenvalue weighted by molar-refractivity contribution is 6.29. The summed E-state index contributed by atoms with van der Waals surface area (Å²) in [5, 5.41) is 3.34. The molecule has 0 bridgehead atoms. The van der Waals surface area contributed by atoms with Crippen molar-refractivity contribution >= 4 is 23.4 Å². The molecule has 2 aromatic heterocycles. The van der Waals surface area contributed by atoms with Crippen molar-refractivity contribution in [2.24, 2.45) is 0 Å². The molecule has 1 aliphatic rings. The number of likely N-dealkylation sites (tertiary alicyclic amines) is 1. The van der Waals surface area contributed by atoms with Crippen molar-refractivity contribution in [3.63, 3.8) is 0 Å². The Labute approximate surface area is 168 Å². The average molecular weight is 406 g/mol. The van der Waals surface area contributed by atoms with Crippen molar-refractivity contribution in [1.29, 1.82) is 0 Å². The Morgan fingerprint density at radius 2 is 2.21 bits per heavy atom. The smallest absolute Gasteiger partial charge is 0.272 e. The molecular formula is C19H24ClN5O3. The third-order valence-corrected chi connectivity index (χ3v) is 5.06. The number of aromatic amines is 1. The minimum Gasteiger partial charge on any atom is -0.482 e. The number of H-pyrrole nitrogens is 1. The van der Waals surface area contributed by atoms with Gasteiger partial charge in [-0.2, -0.15) is 0 Å². The topological polar surface area (TPSA) is 100 Å². The van der Waals surface area contributed by atoms with Crippen LogP contribution in [0.3, 0.4) is 0 Å².